The number of esters is 1. The highest BCUT2D eigenvalue weighted by Gasteiger charge is 2.34. The van der Waals surface area contributed by atoms with E-state index in [1.807, 2.05) is 31.2 Å². The first kappa shape index (κ1) is 28.0. The van der Waals surface area contributed by atoms with Gasteiger partial charge in [0, 0.05) is 12.1 Å². The zero-order chi connectivity index (χ0) is 28.3. The highest BCUT2D eigenvalue weighted by Crippen LogP contribution is 2.35. The van der Waals surface area contributed by atoms with Gasteiger partial charge in [-0.25, -0.2) is 9.79 Å². The summed E-state index contributed by atoms with van der Waals surface area (Å²) < 4.78 is 29.6. The van der Waals surface area contributed by atoms with Crippen molar-refractivity contribution in [1.82, 2.24) is 4.57 Å². The first-order chi connectivity index (χ1) is 18.7. The van der Waals surface area contributed by atoms with E-state index in [0.717, 1.165) is 5.56 Å². The van der Waals surface area contributed by atoms with Gasteiger partial charge in [-0.1, -0.05) is 23.5 Å². The van der Waals surface area contributed by atoms with Gasteiger partial charge in [0.15, 0.2) is 4.80 Å². The van der Waals surface area contributed by atoms with Crippen molar-refractivity contribution < 1.29 is 28.5 Å². The molecule has 0 bridgehead atoms. The molecule has 0 radical (unpaired) electrons. The molecule has 0 N–H and O–H groups in total. The highest BCUT2D eigenvalue weighted by molar-refractivity contribution is 7.07. The Morgan fingerprint density at radius 2 is 1.69 bits per heavy atom. The van der Waals surface area contributed by atoms with Crippen molar-refractivity contribution in [3.63, 3.8) is 0 Å². The van der Waals surface area contributed by atoms with E-state index < -0.39 is 12.0 Å². The van der Waals surface area contributed by atoms with Gasteiger partial charge >= 0.3 is 5.97 Å². The Labute approximate surface area is 230 Å². The van der Waals surface area contributed by atoms with E-state index in [1.165, 1.54) is 25.6 Å². The van der Waals surface area contributed by atoms with Crippen LogP contribution in [-0.2, 0) is 9.53 Å². The average Bonchev–Trinajstić information content (AvgIpc) is 3.22. The van der Waals surface area contributed by atoms with Crippen LogP contribution in [0.15, 0.2) is 57.5 Å². The number of carbonyl (C=O) groups excluding carboxylic acids is 1. The SMILES string of the molecule is CCOc1ccc([C@H]2C(C(=O)OC(C)C)=C(C)N=c3s/c(=C/c4c(OC)cc(OC)cc4OC)c(=O)n32)cc1. The molecule has 9 nitrogen and oxygen atoms in total. The number of nitrogens with zero attached hydrogens (tertiary/aromatic N) is 2. The Kier molecular flexibility index (Phi) is 8.44. The monoisotopic (exact) mass is 552 g/mol. The maximum atomic E-state index is 14.0. The minimum atomic E-state index is -0.731. The van der Waals surface area contributed by atoms with Gasteiger partial charge in [-0.05, 0) is 51.5 Å². The quantitative estimate of drug-likeness (QED) is 0.374. The molecule has 1 atom stereocenters. The molecule has 0 unspecified atom stereocenters. The fourth-order valence-electron chi connectivity index (χ4n) is 4.39. The topological polar surface area (TPSA) is 97.6 Å². The van der Waals surface area contributed by atoms with Gasteiger partial charge in [0.25, 0.3) is 5.56 Å². The van der Waals surface area contributed by atoms with Crippen LogP contribution in [-0.4, -0.2) is 44.6 Å². The fourth-order valence-corrected chi connectivity index (χ4v) is 5.42. The Balaban J connectivity index is 1.95. The molecule has 1 aromatic heterocycles. The van der Waals surface area contributed by atoms with Crippen LogP contribution in [0.2, 0.25) is 0 Å². The lowest BCUT2D eigenvalue weighted by molar-refractivity contribution is -0.143. The lowest BCUT2D eigenvalue weighted by Crippen LogP contribution is -2.40. The van der Waals surface area contributed by atoms with E-state index in [0.29, 0.717) is 55.8 Å². The molecule has 1 aliphatic rings. The summed E-state index contributed by atoms with van der Waals surface area (Å²) in [6.07, 6.45) is 1.38. The smallest absolute Gasteiger partial charge is 0.338 e. The highest BCUT2D eigenvalue weighted by atomic mass is 32.1. The maximum absolute atomic E-state index is 14.0. The molecule has 10 heteroatoms. The summed E-state index contributed by atoms with van der Waals surface area (Å²) in [4.78, 5) is 32.4. The van der Waals surface area contributed by atoms with Crippen molar-refractivity contribution in [3.8, 4) is 23.0 Å². The number of benzene rings is 2. The van der Waals surface area contributed by atoms with Crippen LogP contribution in [0.25, 0.3) is 6.08 Å². The molecular weight excluding hydrogens is 520 g/mol. The molecule has 4 rings (SSSR count). The lowest BCUT2D eigenvalue weighted by atomic mass is 9.96. The maximum Gasteiger partial charge on any atom is 0.338 e. The second-order valence-corrected chi connectivity index (χ2v) is 9.99. The number of carbonyl (C=O) groups is 1. The van der Waals surface area contributed by atoms with Gasteiger partial charge in [-0.15, -0.1) is 0 Å². The number of rotatable bonds is 9. The summed E-state index contributed by atoms with van der Waals surface area (Å²) in [5.41, 5.74) is 1.81. The fraction of sp³-hybridized carbons (Fsp3) is 0.345. The summed E-state index contributed by atoms with van der Waals surface area (Å²) in [5.74, 6) is 1.70. The molecule has 1 aliphatic heterocycles. The third-order valence-corrected chi connectivity index (χ3v) is 7.10. The molecule has 2 heterocycles. The molecule has 3 aromatic rings. The van der Waals surface area contributed by atoms with Crippen LogP contribution in [0.4, 0.5) is 0 Å². The average molecular weight is 553 g/mol. The Morgan fingerprint density at radius 1 is 1.05 bits per heavy atom. The number of hydrogen-bond donors (Lipinski definition) is 0. The third kappa shape index (κ3) is 5.56. The largest absolute Gasteiger partial charge is 0.496 e. The molecule has 0 aliphatic carbocycles. The Morgan fingerprint density at radius 3 is 2.23 bits per heavy atom. The Bertz CT molecular complexity index is 1560. The summed E-state index contributed by atoms with van der Waals surface area (Å²) in [7, 11) is 4.63. The predicted molar refractivity (Wildman–Crippen MR) is 149 cm³/mol. The van der Waals surface area contributed by atoms with Crippen molar-refractivity contribution in [3.05, 3.63) is 78.5 Å². The summed E-state index contributed by atoms with van der Waals surface area (Å²) in [6, 6.07) is 10.1. The minimum Gasteiger partial charge on any atom is -0.496 e. The van der Waals surface area contributed by atoms with Gasteiger partial charge in [0.1, 0.15) is 23.0 Å². The zero-order valence-corrected chi connectivity index (χ0v) is 23.9. The van der Waals surface area contributed by atoms with E-state index in [2.05, 4.69) is 4.99 Å². The number of aromatic nitrogens is 1. The van der Waals surface area contributed by atoms with E-state index in [9.17, 15) is 9.59 Å². The lowest BCUT2D eigenvalue weighted by Gasteiger charge is -2.25. The number of allylic oxidation sites excluding steroid dienone is 1. The first-order valence-electron chi connectivity index (χ1n) is 12.5. The summed E-state index contributed by atoms with van der Waals surface area (Å²) >= 11 is 1.22. The van der Waals surface area contributed by atoms with Gasteiger partial charge < -0.3 is 23.7 Å². The molecule has 0 spiro atoms. The van der Waals surface area contributed by atoms with E-state index in [4.69, 9.17) is 23.7 Å². The first-order valence-corrected chi connectivity index (χ1v) is 13.3. The van der Waals surface area contributed by atoms with Crippen LogP contribution in [0.3, 0.4) is 0 Å². The molecule has 206 valence electrons. The van der Waals surface area contributed by atoms with Crippen LogP contribution in [0.1, 0.15) is 44.9 Å². The van der Waals surface area contributed by atoms with Crippen LogP contribution >= 0.6 is 11.3 Å². The summed E-state index contributed by atoms with van der Waals surface area (Å²) in [5, 5.41) is 0. The number of fused-ring (bicyclic) bond motifs is 1. The van der Waals surface area contributed by atoms with Crippen molar-refractivity contribution >= 4 is 23.4 Å². The molecule has 0 saturated heterocycles. The molecule has 2 aromatic carbocycles. The van der Waals surface area contributed by atoms with Gasteiger partial charge in [-0.3, -0.25) is 9.36 Å². The molecule has 0 saturated carbocycles. The molecule has 0 amide bonds. The molecular formula is C29H32N2O7S. The number of hydrogen-bond acceptors (Lipinski definition) is 9. The number of thiazole rings is 1. The van der Waals surface area contributed by atoms with Crippen molar-refractivity contribution in [2.24, 2.45) is 4.99 Å². The number of ether oxygens (including phenoxy) is 5. The minimum absolute atomic E-state index is 0.306. The van der Waals surface area contributed by atoms with Crippen LogP contribution < -0.4 is 33.8 Å². The van der Waals surface area contributed by atoms with Crippen LogP contribution in [0, 0.1) is 0 Å². The summed E-state index contributed by atoms with van der Waals surface area (Å²) in [6.45, 7) is 7.75. The molecule has 39 heavy (non-hydrogen) atoms. The standard InChI is InChI=1S/C29H32N2O7S/c1-8-37-19-11-9-18(10-12-19)26-25(28(33)38-16(2)3)17(4)30-29-31(26)27(32)24(39-29)15-21-22(35-6)13-20(34-5)14-23(21)36-7/h9-16,26H,8H2,1-7H3/b24-15+/t26-/m0/s1. The van der Waals surface area contributed by atoms with Gasteiger partial charge in [0.2, 0.25) is 0 Å². The van der Waals surface area contributed by atoms with E-state index in [1.54, 1.807) is 50.7 Å². The van der Waals surface area contributed by atoms with Gasteiger partial charge in [0.05, 0.1) is 61.4 Å². The second kappa shape index (κ2) is 11.8. The predicted octanol–water partition coefficient (Wildman–Crippen LogP) is 3.61. The third-order valence-electron chi connectivity index (χ3n) is 6.12. The Hall–Kier alpha value is -4.05. The van der Waals surface area contributed by atoms with Crippen LogP contribution in [0.5, 0.6) is 23.0 Å². The molecule has 0 fully saturated rings. The van der Waals surface area contributed by atoms with Crippen molar-refractivity contribution in [2.45, 2.75) is 39.8 Å². The van der Waals surface area contributed by atoms with E-state index in [-0.39, 0.29) is 11.7 Å². The zero-order valence-electron chi connectivity index (χ0n) is 23.1. The van der Waals surface area contributed by atoms with Gasteiger partial charge in [-0.2, -0.15) is 0 Å². The normalized spacial score (nSPS) is 15.1. The van der Waals surface area contributed by atoms with Crippen molar-refractivity contribution in [2.75, 3.05) is 27.9 Å². The van der Waals surface area contributed by atoms with Crippen molar-refractivity contribution in [1.29, 1.82) is 0 Å². The number of methoxy groups -OCH3 is 3. The van der Waals surface area contributed by atoms with E-state index >= 15 is 0 Å². The second-order valence-electron chi connectivity index (χ2n) is 8.98.